The first kappa shape index (κ1) is 25.5. The van der Waals surface area contributed by atoms with Crippen LogP contribution in [0.3, 0.4) is 0 Å². The Hall–Kier alpha value is -4.11. The monoisotopic (exact) mass is 541 g/mol. The van der Waals surface area contributed by atoms with Crippen LogP contribution in [0.15, 0.2) is 54.9 Å². The van der Waals surface area contributed by atoms with E-state index >= 15 is 0 Å². The number of nitrogens with zero attached hydrogens (tertiary/aromatic N) is 5. The van der Waals surface area contributed by atoms with Gasteiger partial charge in [0.05, 0.1) is 24.1 Å². The number of benzene rings is 1. The van der Waals surface area contributed by atoms with Gasteiger partial charge < -0.3 is 9.64 Å². The van der Waals surface area contributed by atoms with Gasteiger partial charge in [-0.1, -0.05) is 6.07 Å². The Kier molecular flexibility index (Phi) is 6.48. The van der Waals surface area contributed by atoms with Gasteiger partial charge in [0.1, 0.15) is 11.6 Å². The summed E-state index contributed by atoms with van der Waals surface area (Å²) < 4.78 is 61.0. The first-order valence-electron chi connectivity index (χ1n) is 11.6. The van der Waals surface area contributed by atoms with Crippen LogP contribution in [0.2, 0.25) is 0 Å². The van der Waals surface area contributed by atoms with Gasteiger partial charge in [-0.25, -0.2) is 9.37 Å². The summed E-state index contributed by atoms with van der Waals surface area (Å²) in [6, 6.07) is 11.6. The molecule has 1 amide bonds. The van der Waals surface area contributed by atoms with Gasteiger partial charge in [-0.2, -0.15) is 18.4 Å². The van der Waals surface area contributed by atoms with Crippen molar-refractivity contribution in [3.63, 3.8) is 0 Å². The molecule has 0 atom stereocenters. The molecule has 3 heterocycles. The minimum absolute atomic E-state index is 0.0546. The highest BCUT2D eigenvalue weighted by Crippen LogP contribution is 2.48. The summed E-state index contributed by atoms with van der Waals surface area (Å²) in [5, 5.41) is 9.00. The molecule has 1 saturated carbocycles. The fourth-order valence-electron chi connectivity index (χ4n) is 4.64. The van der Waals surface area contributed by atoms with Gasteiger partial charge in [-0.05, 0) is 61.8 Å². The Morgan fingerprint density at radius 3 is 2.55 bits per heavy atom. The van der Waals surface area contributed by atoms with Gasteiger partial charge in [0.15, 0.2) is 22.4 Å². The summed E-state index contributed by atoms with van der Waals surface area (Å²) in [6.07, 6.45) is -0.234. The molecule has 5 rings (SSSR count). The van der Waals surface area contributed by atoms with Crippen LogP contribution in [-0.2, 0) is 17.4 Å². The minimum atomic E-state index is -4.86. The number of carbonyl (C=O) groups excluding carboxylic acids is 1. The van der Waals surface area contributed by atoms with Crippen molar-refractivity contribution in [1.82, 2.24) is 9.97 Å². The smallest absolute Gasteiger partial charge is 0.419 e. The second kappa shape index (κ2) is 9.64. The van der Waals surface area contributed by atoms with E-state index < -0.39 is 34.7 Å². The summed E-state index contributed by atoms with van der Waals surface area (Å²) >= 11 is 5.59. The first-order chi connectivity index (χ1) is 18.2. The molecule has 12 heteroatoms. The predicted molar refractivity (Wildman–Crippen MR) is 133 cm³/mol. The van der Waals surface area contributed by atoms with Crippen molar-refractivity contribution in [1.29, 1.82) is 5.26 Å². The number of alkyl halides is 3. The maximum Gasteiger partial charge on any atom is 0.419 e. The van der Waals surface area contributed by atoms with Crippen molar-refractivity contribution in [2.24, 2.45) is 0 Å². The van der Waals surface area contributed by atoms with Crippen LogP contribution in [0.4, 0.5) is 28.9 Å². The van der Waals surface area contributed by atoms with Gasteiger partial charge in [0.25, 0.3) is 5.91 Å². The van der Waals surface area contributed by atoms with E-state index in [1.807, 2.05) is 12.1 Å². The van der Waals surface area contributed by atoms with Crippen LogP contribution >= 0.6 is 12.2 Å². The van der Waals surface area contributed by atoms with Gasteiger partial charge in [-0.15, -0.1) is 0 Å². The fourth-order valence-corrected chi connectivity index (χ4v) is 5.11. The van der Waals surface area contributed by atoms with Crippen LogP contribution in [0.5, 0.6) is 5.75 Å². The van der Waals surface area contributed by atoms with E-state index in [9.17, 15) is 22.4 Å². The van der Waals surface area contributed by atoms with Crippen molar-refractivity contribution >= 4 is 34.6 Å². The van der Waals surface area contributed by atoms with Crippen LogP contribution in [0.25, 0.3) is 0 Å². The zero-order valence-electron chi connectivity index (χ0n) is 19.7. The molecule has 194 valence electrons. The third-order valence-corrected chi connectivity index (χ3v) is 7.02. The summed E-state index contributed by atoms with van der Waals surface area (Å²) in [7, 11) is 0. The number of aromatic nitrogens is 2. The number of anilines is 2. The molecule has 2 fully saturated rings. The molecular formula is C26H19F4N5O2S. The molecule has 1 aliphatic carbocycles. The number of ether oxygens (including phenoxy) is 1. The molecule has 1 aromatic carbocycles. The maximum atomic E-state index is 14.6. The molecule has 0 bridgehead atoms. The molecule has 1 aliphatic heterocycles. The van der Waals surface area contributed by atoms with Gasteiger partial charge >= 0.3 is 6.18 Å². The average molecular weight is 542 g/mol. The third kappa shape index (κ3) is 4.32. The number of hydrogen-bond acceptors (Lipinski definition) is 6. The third-order valence-electron chi connectivity index (χ3n) is 6.65. The Labute approximate surface area is 220 Å². The summed E-state index contributed by atoms with van der Waals surface area (Å²) in [5.74, 6) is -1.17. The summed E-state index contributed by atoms with van der Waals surface area (Å²) in [6.45, 7) is 0.148. The highest BCUT2D eigenvalue weighted by molar-refractivity contribution is 7.81. The lowest BCUT2D eigenvalue weighted by Crippen LogP contribution is -2.55. The van der Waals surface area contributed by atoms with Crippen LogP contribution in [0.1, 0.15) is 36.2 Å². The Morgan fingerprint density at radius 2 is 1.92 bits per heavy atom. The van der Waals surface area contributed by atoms with E-state index in [-0.39, 0.29) is 23.2 Å². The lowest BCUT2D eigenvalue weighted by atomic mass is 9.75. The van der Waals surface area contributed by atoms with Crippen molar-refractivity contribution in [2.45, 2.75) is 37.4 Å². The molecule has 2 aromatic heterocycles. The number of nitriles is 1. The summed E-state index contributed by atoms with van der Waals surface area (Å²) in [5.41, 5.74) is -2.24. The van der Waals surface area contributed by atoms with Crippen LogP contribution in [0, 0.1) is 17.1 Å². The van der Waals surface area contributed by atoms with Crippen LogP contribution in [-0.4, -0.2) is 33.1 Å². The Bertz CT molecular complexity index is 1450. The van der Waals surface area contributed by atoms with Gasteiger partial charge in [0, 0.05) is 30.1 Å². The molecule has 0 radical (unpaired) electrons. The largest absolute Gasteiger partial charge is 0.490 e. The number of pyridine rings is 2. The van der Waals surface area contributed by atoms with E-state index in [2.05, 4.69) is 9.97 Å². The van der Waals surface area contributed by atoms with E-state index in [0.29, 0.717) is 37.4 Å². The Balaban J connectivity index is 1.47. The number of thiocarbonyl (C=S) groups is 1. The maximum absolute atomic E-state index is 14.6. The van der Waals surface area contributed by atoms with E-state index in [1.54, 1.807) is 17.2 Å². The SMILES string of the molecule is N#Cc1ncc(N2C(=O)C3(CCC3)N(c3ccc(F)c(OCCc4ccccn4)c3)C2=S)cc1C(F)(F)F. The molecule has 2 aliphatic rings. The zero-order chi connectivity index (χ0) is 27.1. The number of amides is 1. The topological polar surface area (TPSA) is 82.4 Å². The van der Waals surface area contributed by atoms with Crippen LogP contribution < -0.4 is 14.5 Å². The van der Waals surface area contributed by atoms with Crippen molar-refractivity contribution < 1.29 is 27.1 Å². The quantitative estimate of drug-likeness (QED) is 0.314. The normalized spacial score (nSPS) is 16.5. The molecule has 1 saturated heterocycles. The van der Waals surface area contributed by atoms with E-state index in [1.165, 1.54) is 24.3 Å². The molecule has 3 aromatic rings. The lowest BCUT2D eigenvalue weighted by Gasteiger charge is -2.43. The standard InChI is InChI=1S/C26H19F4N5O2S/c27-20-6-5-17(13-22(20)37-11-7-16-4-1-2-10-32-16)35-24(38)34(23(36)25(35)8-3-9-25)18-12-19(26(28,29)30)21(14-31)33-15-18/h1-2,4-6,10,12-13,15H,3,7-9,11H2. The molecule has 38 heavy (non-hydrogen) atoms. The molecule has 0 N–H and O–H groups in total. The van der Waals surface area contributed by atoms with Crippen molar-refractivity contribution in [2.75, 3.05) is 16.4 Å². The average Bonchev–Trinajstić information content (AvgIpc) is 3.11. The highest BCUT2D eigenvalue weighted by Gasteiger charge is 2.60. The van der Waals surface area contributed by atoms with Gasteiger partial charge in [-0.3, -0.25) is 14.7 Å². The van der Waals surface area contributed by atoms with Crippen molar-refractivity contribution in [3.05, 3.63) is 77.6 Å². The summed E-state index contributed by atoms with van der Waals surface area (Å²) in [4.78, 5) is 24.0. The molecular weight excluding hydrogens is 522 g/mol. The lowest BCUT2D eigenvalue weighted by molar-refractivity contribution is -0.138. The van der Waals surface area contributed by atoms with E-state index in [4.69, 9.17) is 22.2 Å². The zero-order valence-corrected chi connectivity index (χ0v) is 20.5. The second-order valence-electron chi connectivity index (χ2n) is 8.88. The van der Waals surface area contributed by atoms with E-state index in [0.717, 1.165) is 16.8 Å². The second-order valence-corrected chi connectivity index (χ2v) is 9.24. The first-order valence-corrected chi connectivity index (χ1v) is 12.0. The highest BCUT2D eigenvalue weighted by atomic mass is 32.1. The predicted octanol–water partition coefficient (Wildman–Crippen LogP) is 5.19. The number of halogens is 4. The minimum Gasteiger partial charge on any atom is -0.490 e. The fraction of sp³-hybridized carbons (Fsp3) is 0.269. The number of hydrogen-bond donors (Lipinski definition) is 0. The molecule has 7 nitrogen and oxygen atoms in total. The molecule has 1 spiro atoms. The number of carbonyl (C=O) groups is 1. The van der Waals surface area contributed by atoms with Crippen molar-refractivity contribution in [3.8, 4) is 11.8 Å². The Morgan fingerprint density at radius 1 is 1.13 bits per heavy atom. The van der Waals surface area contributed by atoms with Gasteiger partial charge in [0.2, 0.25) is 0 Å². The molecule has 0 unspecified atom stereocenters. The number of rotatable bonds is 6.